The van der Waals surface area contributed by atoms with Crippen LogP contribution in [0.25, 0.3) is 11.1 Å². The number of rotatable bonds is 1. The van der Waals surface area contributed by atoms with E-state index < -0.39 is 0 Å². The van der Waals surface area contributed by atoms with Crippen molar-refractivity contribution in [2.45, 2.75) is 0 Å². The predicted molar refractivity (Wildman–Crippen MR) is 66.6 cm³/mol. The Kier molecular flexibility index (Phi) is 3.14. The van der Waals surface area contributed by atoms with Gasteiger partial charge >= 0.3 is 0 Å². The summed E-state index contributed by atoms with van der Waals surface area (Å²) in [5.74, 6) is 0. The van der Waals surface area contributed by atoms with E-state index in [0.717, 1.165) is 11.1 Å². The number of halogens is 2. The van der Waals surface area contributed by atoms with E-state index in [2.05, 4.69) is 6.07 Å². The molecule has 2 aromatic rings. The predicted octanol–water partition coefficient (Wildman–Crippen LogP) is 4.53. The molecule has 16 heavy (non-hydrogen) atoms. The van der Waals surface area contributed by atoms with Gasteiger partial charge in [-0.15, -0.1) is 0 Å². The van der Waals surface area contributed by atoms with Crippen LogP contribution in [0, 0.1) is 11.3 Å². The van der Waals surface area contributed by atoms with Crippen molar-refractivity contribution in [2.75, 3.05) is 0 Å². The first-order valence-electron chi connectivity index (χ1n) is 4.66. The van der Waals surface area contributed by atoms with Gasteiger partial charge < -0.3 is 0 Å². The van der Waals surface area contributed by atoms with Crippen molar-refractivity contribution in [3.63, 3.8) is 0 Å². The van der Waals surface area contributed by atoms with Crippen LogP contribution >= 0.6 is 23.2 Å². The zero-order chi connectivity index (χ0) is 11.5. The standard InChI is InChI=1S/C13H7Cl2N/c14-11-3-1-9(2-4-11)13-6-5-12(15)7-10(13)8-16/h1-7H. The van der Waals surface area contributed by atoms with Gasteiger partial charge in [-0.25, -0.2) is 0 Å². The van der Waals surface area contributed by atoms with Crippen molar-refractivity contribution in [2.24, 2.45) is 0 Å². The number of hydrogen-bond donors (Lipinski definition) is 0. The molecule has 0 radical (unpaired) electrons. The van der Waals surface area contributed by atoms with Gasteiger partial charge in [0.05, 0.1) is 11.6 Å². The zero-order valence-corrected chi connectivity index (χ0v) is 9.76. The highest BCUT2D eigenvalue weighted by Crippen LogP contribution is 2.26. The van der Waals surface area contributed by atoms with Crippen molar-refractivity contribution in [1.29, 1.82) is 5.26 Å². The number of hydrogen-bond acceptors (Lipinski definition) is 1. The van der Waals surface area contributed by atoms with Gasteiger partial charge in [-0.2, -0.15) is 5.26 Å². The average molecular weight is 248 g/mol. The molecular formula is C13H7Cl2N. The molecule has 0 heterocycles. The third-order valence-electron chi connectivity index (χ3n) is 2.26. The van der Waals surface area contributed by atoms with Crippen LogP contribution < -0.4 is 0 Å². The van der Waals surface area contributed by atoms with Gasteiger partial charge in [-0.05, 0) is 35.4 Å². The molecule has 3 heteroatoms. The third-order valence-corrected chi connectivity index (χ3v) is 2.74. The maximum atomic E-state index is 9.02. The fourth-order valence-corrected chi connectivity index (χ4v) is 1.79. The van der Waals surface area contributed by atoms with Crippen molar-refractivity contribution >= 4 is 23.2 Å². The Balaban J connectivity index is 2.56. The molecule has 0 aromatic heterocycles. The van der Waals surface area contributed by atoms with Crippen LogP contribution in [0.4, 0.5) is 0 Å². The van der Waals surface area contributed by atoms with E-state index in [1.54, 1.807) is 24.3 Å². The monoisotopic (exact) mass is 247 g/mol. The lowest BCUT2D eigenvalue weighted by molar-refractivity contribution is 1.48. The molecule has 0 amide bonds. The van der Waals surface area contributed by atoms with E-state index >= 15 is 0 Å². The molecule has 0 aliphatic rings. The number of nitrogens with zero attached hydrogens (tertiary/aromatic N) is 1. The lowest BCUT2D eigenvalue weighted by Gasteiger charge is -2.04. The minimum atomic E-state index is 0.564. The summed E-state index contributed by atoms with van der Waals surface area (Å²) >= 11 is 11.6. The van der Waals surface area contributed by atoms with Gasteiger partial charge in [-0.1, -0.05) is 41.4 Å². The van der Waals surface area contributed by atoms with E-state index in [1.807, 2.05) is 18.2 Å². The summed E-state index contributed by atoms with van der Waals surface area (Å²) in [4.78, 5) is 0. The third kappa shape index (κ3) is 2.19. The smallest absolute Gasteiger partial charge is 0.0998 e. The summed E-state index contributed by atoms with van der Waals surface area (Å²) in [5.41, 5.74) is 2.39. The van der Waals surface area contributed by atoms with Crippen LogP contribution in [0.2, 0.25) is 10.0 Å². The molecular weight excluding hydrogens is 241 g/mol. The molecule has 0 fully saturated rings. The van der Waals surface area contributed by atoms with E-state index in [-0.39, 0.29) is 0 Å². The second-order valence-corrected chi connectivity index (χ2v) is 4.18. The van der Waals surface area contributed by atoms with Gasteiger partial charge in [0.15, 0.2) is 0 Å². The molecule has 0 unspecified atom stereocenters. The number of benzene rings is 2. The highest BCUT2D eigenvalue weighted by Gasteiger charge is 2.05. The van der Waals surface area contributed by atoms with Crippen LogP contribution in [-0.4, -0.2) is 0 Å². The Morgan fingerprint density at radius 3 is 2.12 bits per heavy atom. The molecule has 0 N–H and O–H groups in total. The fraction of sp³-hybridized carbons (Fsp3) is 0. The highest BCUT2D eigenvalue weighted by atomic mass is 35.5. The van der Waals surface area contributed by atoms with Crippen LogP contribution in [0.5, 0.6) is 0 Å². The molecule has 0 spiro atoms. The normalized spacial score (nSPS) is 9.81. The summed E-state index contributed by atoms with van der Waals surface area (Å²) in [6.45, 7) is 0. The highest BCUT2D eigenvalue weighted by molar-refractivity contribution is 6.31. The Morgan fingerprint density at radius 2 is 1.50 bits per heavy atom. The molecule has 0 aliphatic carbocycles. The van der Waals surface area contributed by atoms with Crippen molar-refractivity contribution in [3.8, 4) is 17.2 Å². The Bertz CT molecular complexity index is 553. The van der Waals surface area contributed by atoms with Crippen LogP contribution in [0.15, 0.2) is 42.5 Å². The Labute approximate surface area is 104 Å². The van der Waals surface area contributed by atoms with E-state index in [1.165, 1.54) is 0 Å². The van der Waals surface area contributed by atoms with E-state index in [0.29, 0.717) is 15.6 Å². The van der Waals surface area contributed by atoms with E-state index in [9.17, 15) is 0 Å². The largest absolute Gasteiger partial charge is 0.192 e. The summed E-state index contributed by atoms with van der Waals surface area (Å²) in [6.07, 6.45) is 0. The SMILES string of the molecule is N#Cc1cc(Cl)ccc1-c1ccc(Cl)cc1. The number of nitriles is 1. The molecule has 78 valence electrons. The maximum absolute atomic E-state index is 9.02. The molecule has 0 bridgehead atoms. The van der Waals surface area contributed by atoms with E-state index in [4.69, 9.17) is 28.5 Å². The van der Waals surface area contributed by atoms with Gasteiger partial charge in [-0.3, -0.25) is 0 Å². The van der Waals surface area contributed by atoms with Crippen LogP contribution in [-0.2, 0) is 0 Å². The van der Waals surface area contributed by atoms with Gasteiger partial charge in [0.25, 0.3) is 0 Å². The van der Waals surface area contributed by atoms with Crippen molar-refractivity contribution in [3.05, 3.63) is 58.1 Å². The van der Waals surface area contributed by atoms with Crippen LogP contribution in [0.3, 0.4) is 0 Å². The first-order valence-corrected chi connectivity index (χ1v) is 5.42. The molecule has 0 atom stereocenters. The molecule has 1 nitrogen and oxygen atoms in total. The zero-order valence-electron chi connectivity index (χ0n) is 8.24. The summed E-state index contributed by atoms with van der Waals surface area (Å²) in [5, 5.41) is 10.3. The molecule has 0 saturated carbocycles. The van der Waals surface area contributed by atoms with Crippen LogP contribution in [0.1, 0.15) is 5.56 Å². The first kappa shape index (κ1) is 11.0. The summed E-state index contributed by atoms with van der Waals surface area (Å²) in [7, 11) is 0. The van der Waals surface area contributed by atoms with Crippen molar-refractivity contribution < 1.29 is 0 Å². The van der Waals surface area contributed by atoms with Crippen molar-refractivity contribution in [1.82, 2.24) is 0 Å². The minimum Gasteiger partial charge on any atom is -0.192 e. The average Bonchev–Trinajstić information content (AvgIpc) is 2.30. The Morgan fingerprint density at radius 1 is 0.875 bits per heavy atom. The molecule has 2 aromatic carbocycles. The minimum absolute atomic E-state index is 0.564. The summed E-state index contributed by atoms with van der Waals surface area (Å²) < 4.78 is 0. The lowest BCUT2D eigenvalue weighted by Crippen LogP contribution is -1.84. The molecule has 0 saturated heterocycles. The topological polar surface area (TPSA) is 23.8 Å². The van der Waals surface area contributed by atoms with Gasteiger partial charge in [0, 0.05) is 10.0 Å². The van der Waals surface area contributed by atoms with Gasteiger partial charge in [0.1, 0.15) is 0 Å². The fourth-order valence-electron chi connectivity index (χ4n) is 1.49. The van der Waals surface area contributed by atoms with Gasteiger partial charge in [0.2, 0.25) is 0 Å². The molecule has 2 rings (SSSR count). The first-order chi connectivity index (χ1) is 7.70. The Hall–Kier alpha value is -1.49. The lowest BCUT2D eigenvalue weighted by atomic mass is 10.0. The quantitative estimate of drug-likeness (QED) is 0.727. The second-order valence-electron chi connectivity index (χ2n) is 3.31. The summed E-state index contributed by atoms with van der Waals surface area (Å²) in [6, 6.07) is 14.8. The molecule has 0 aliphatic heterocycles. The second kappa shape index (κ2) is 4.57. The maximum Gasteiger partial charge on any atom is 0.0998 e.